The molecule has 0 spiro atoms. The SMILES string of the molecule is COC(=O)Cc1ccccc1Cn1cc(C)cnc1=O. The van der Waals surface area contributed by atoms with E-state index in [0.29, 0.717) is 6.54 Å². The van der Waals surface area contributed by atoms with Gasteiger partial charge in [0.15, 0.2) is 0 Å². The molecule has 2 aromatic rings. The molecule has 0 radical (unpaired) electrons. The summed E-state index contributed by atoms with van der Waals surface area (Å²) in [5.41, 5.74) is 2.37. The van der Waals surface area contributed by atoms with Crippen molar-refractivity contribution in [1.29, 1.82) is 0 Å². The molecular formula is C15H16N2O3. The van der Waals surface area contributed by atoms with E-state index in [0.717, 1.165) is 16.7 Å². The normalized spacial score (nSPS) is 10.3. The van der Waals surface area contributed by atoms with Gasteiger partial charge in [-0.25, -0.2) is 9.78 Å². The molecule has 0 aliphatic rings. The molecule has 1 heterocycles. The number of esters is 1. The first-order chi connectivity index (χ1) is 9.60. The topological polar surface area (TPSA) is 61.2 Å². The molecule has 0 unspecified atom stereocenters. The van der Waals surface area contributed by atoms with Crippen molar-refractivity contribution in [1.82, 2.24) is 9.55 Å². The summed E-state index contributed by atoms with van der Waals surface area (Å²) in [6.45, 7) is 2.27. The summed E-state index contributed by atoms with van der Waals surface area (Å²) < 4.78 is 6.22. The van der Waals surface area contributed by atoms with Crippen LogP contribution in [0.2, 0.25) is 0 Å². The molecule has 2 rings (SSSR count). The number of hydrogen-bond acceptors (Lipinski definition) is 4. The molecule has 0 amide bonds. The van der Waals surface area contributed by atoms with E-state index in [1.807, 2.05) is 31.2 Å². The van der Waals surface area contributed by atoms with Crippen molar-refractivity contribution < 1.29 is 9.53 Å². The Labute approximate surface area is 116 Å². The Hall–Kier alpha value is -2.43. The lowest BCUT2D eigenvalue weighted by atomic mass is 10.0. The average molecular weight is 272 g/mol. The average Bonchev–Trinajstić information content (AvgIpc) is 2.44. The predicted molar refractivity (Wildman–Crippen MR) is 74.5 cm³/mol. The summed E-state index contributed by atoms with van der Waals surface area (Å²) in [6.07, 6.45) is 3.49. The monoisotopic (exact) mass is 272 g/mol. The number of aromatic nitrogens is 2. The second-order valence-corrected chi connectivity index (χ2v) is 4.56. The fourth-order valence-corrected chi connectivity index (χ4v) is 1.97. The lowest BCUT2D eigenvalue weighted by molar-refractivity contribution is -0.139. The maximum absolute atomic E-state index is 11.7. The van der Waals surface area contributed by atoms with Crippen molar-refractivity contribution in [2.24, 2.45) is 0 Å². The third-order valence-corrected chi connectivity index (χ3v) is 3.01. The van der Waals surface area contributed by atoms with Crippen molar-refractivity contribution in [3.63, 3.8) is 0 Å². The van der Waals surface area contributed by atoms with Crippen molar-refractivity contribution in [3.05, 3.63) is 63.8 Å². The number of carbonyl (C=O) groups excluding carboxylic acids is 1. The maximum Gasteiger partial charge on any atom is 0.347 e. The highest BCUT2D eigenvalue weighted by Gasteiger charge is 2.09. The van der Waals surface area contributed by atoms with E-state index in [4.69, 9.17) is 0 Å². The van der Waals surface area contributed by atoms with Crippen LogP contribution in [0.4, 0.5) is 0 Å². The Morgan fingerprint density at radius 2 is 2.00 bits per heavy atom. The standard InChI is InChI=1S/C15H16N2O3/c1-11-8-16-15(19)17(9-11)10-13-6-4-3-5-12(13)7-14(18)20-2/h3-6,8-9H,7,10H2,1-2H3. The van der Waals surface area contributed by atoms with Gasteiger partial charge in [-0.3, -0.25) is 9.36 Å². The first-order valence-electron chi connectivity index (χ1n) is 6.27. The molecular weight excluding hydrogens is 256 g/mol. The molecule has 0 saturated carbocycles. The first-order valence-corrected chi connectivity index (χ1v) is 6.27. The van der Waals surface area contributed by atoms with Gasteiger partial charge < -0.3 is 4.74 Å². The second kappa shape index (κ2) is 6.14. The molecule has 5 nitrogen and oxygen atoms in total. The molecule has 5 heteroatoms. The van der Waals surface area contributed by atoms with Gasteiger partial charge in [0.05, 0.1) is 20.1 Å². The van der Waals surface area contributed by atoms with Gasteiger partial charge in [-0.05, 0) is 23.6 Å². The van der Waals surface area contributed by atoms with Crippen LogP contribution in [0, 0.1) is 6.92 Å². The largest absolute Gasteiger partial charge is 0.469 e. The Morgan fingerprint density at radius 3 is 2.70 bits per heavy atom. The van der Waals surface area contributed by atoms with Gasteiger partial charge in [0, 0.05) is 12.4 Å². The van der Waals surface area contributed by atoms with Crippen LogP contribution >= 0.6 is 0 Å². The minimum absolute atomic E-state index is 0.195. The van der Waals surface area contributed by atoms with Gasteiger partial charge in [-0.15, -0.1) is 0 Å². The molecule has 0 saturated heterocycles. The zero-order valence-electron chi connectivity index (χ0n) is 11.5. The van der Waals surface area contributed by atoms with Gasteiger partial charge in [-0.1, -0.05) is 24.3 Å². The Bertz CT molecular complexity index is 677. The smallest absolute Gasteiger partial charge is 0.347 e. The minimum atomic E-state index is -0.302. The number of ether oxygens (including phenoxy) is 1. The van der Waals surface area contributed by atoms with Gasteiger partial charge in [0.25, 0.3) is 0 Å². The van der Waals surface area contributed by atoms with Crippen molar-refractivity contribution in [3.8, 4) is 0 Å². The summed E-state index contributed by atoms with van der Waals surface area (Å²) in [4.78, 5) is 26.9. The van der Waals surface area contributed by atoms with Crippen LogP contribution in [-0.4, -0.2) is 22.6 Å². The third-order valence-electron chi connectivity index (χ3n) is 3.01. The first kappa shape index (κ1) is 14.0. The summed E-state index contributed by atoms with van der Waals surface area (Å²) in [7, 11) is 1.36. The number of nitrogens with zero attached hydrogens (tertiary/aromatic N) is 2. The highest BCUT2D eigenvalue weighted by molar-refractivity contribution is 5.72. The van der Waals surface area contributed by atoms with E-state index in [1.54, 1.807) is 12.4 Å². The maximum atomic E-state index is 11.7. The van der Waals surface area contributed by atoms with Gasteiger partial charge >= 0.3 is 11.7 Å². The number of rotatable bonds is 4. The fourth-order valence-electron chi connectivity index (χ4n) is 1.97. The number of methoxy groups -OCH3 is 1. The Kier molecular flexibility index (Phi) is 4.30. The van der Waals surface area contributed by atoms with E-state index in [9.17, 15) is 9.59 Å². The molecule has 0 bridgehead atoms. The van der Waals surface area contributed by atoms with Crippen LogP contribution < -0.4 is 5.69 Å². The van der Waals surface area contributed by atoms with Gasteiger partial charge in [0.1, 0.15) is 0 Å². The second-order valence-electron chi connectivity index (χ2n) is 4.56. The summed E-state index contributed by atoms with van der Waals surface area (Å²) in [5, 5.41) is 0. The number of carbonyl (C=O) groups is 1. The van der Waals surface area contributed by atoms with Crippen LogP contribution in [0.3, 0.4) is 0 Å². The zero-order chi connectivity index (χ0) is 14.5. The lowest BCUT2D eigenvalue weighted by Gasteiger charge is -2.10. The number of hydrogen-bond donors (Lipinski definition) is 0. The van der Waals surface area contributed by atoms with E-state index in [1.165, 1.54) is 11.7 Å². The Morgan fingerprint density at radius 1 is 1.30 bits per heavy atom. The van der Waals surface area contributed by atoms with Gasteiger partial charge in [0.2, 0.25) is 0 Å². The highest BCUT2D eigenvalue weighted by atomic mass is 16.5. The Balaban J connectivity index is 2.31. The lowest BCUT2D eigenvalue weighted by Crippen LogP contribution is -2.23. The highest BCUT2D eigenvalue weighted by Crippen LogP contribution is 2.11. The summed E-state index contributed by atoms with van der Waals surface area (Å²) >= 11 is 0. The van der Waals surface area contributed by atoms with Crippen LogP contribution in [0.15, 0.2) is 41.5 Å². The third kappa shape index (κ3) is 3.32. The van der Waals surface area contributed by atoms with Gasteiger partial charge in [-0.2, -0.15) is 0 Å². The molecule has 104 valence electrons. The molecule has 0 N–H and O–H groups in total. The van der Waals surface area contributed by atoms with E-state index >= 15 is 0 Å². The molecule has 0 aliphatic carbocycles. The molecule has 0 aliphatic heterocycles. The molecule has 20 heavy (non-hydrogen) atoms. The summed E-state index contributed by atoms with van der Waals surface area (Å²) in [6, 6.07) is 7.50. The number of benzene rings is 1. The van der Waals surface area contributed by atoms with E-state index < -0.39 is 0 Å². The van der Waals surface area contributed by atoms with Crippen LogP contribution in [-0.2, 0) is 22.5 Å². The van der Waals surface area contributed by atoms with Crippen molar-refractivity contribution in [2.45, 2.75) is 19.9 Å². The van der Waals surface area contributed by atoms with Crippen LogP contribution in [0.25, 0.3) is 0 Å². The van der Waals surface area contributed by atoms with Crippen LogP contribution in [0.5, 0.6) is 0 Å². The molecule has 0 atom stereocenters. The zero-order valence-corrected chi connectivity index (χ0v) is 11.5. The molecule has 0 fully saturated rings. The molecule has 1 aromatic heterocycles. The van der Waals surface area contributed by atoms with E-state index in [-0.39, 0.29) is 18.1 Å². The summed E-state index contributed by atoms with van der Waals surface area (Å²) in [5.74, 6) is -0.299. The van der Waals surface area contributed by atoms with Crippen molar-refractivity contribution in [2.75, 3.05) is 7.11 Å². The number of aryl methyl sites for hydroxylation is 1. The quantitative estimate of drug-likeness (QED) is 0.787. The predicted octanol–water partition coefficient (Wildman–Crippen LogP) is 1.32. The van der Waals surface area contributed by atoms with Crippen LogP contribution in [0.1, 0.15) is 16.7 Å². The molecule has 1 aromatic carbocycles. The fraction of sp³-hybridized carbons (Fsp3) is 0.267. The minimum Gasteiger partial charge on any atom is -0.469 e. The van der Waals surface area contributed by atoms with Crippen molar-refractivity contribution >= 4 is 5.97 Å². The van der Waals surface area contributed by atoms with E-state index in [2.05, 4.69) is 9.72 Å².